The Bertz CT molecular complexity index is 1280. The fourth-order valence-corrected chi connectivity index (χ4v) is 3.17. The number of ether oxygens (including phenoxy) is 1. The zero-order valence-electron chi connectivity index (χ0n) is 17.7. The highest BCUT2D eigenvalue weighted by atomic mass is 19.1. The molecule has 4 aromatic rings. The number of benzene rings is 3. The summed E-state index contributed by atoms with van der Waals surface area (Å²) >= 11 is 0. The molecule has 0 spiro atoms. The molecule has 0 radical (unpaired) electrons. The van der Waals surface area contributed by atoms with E-state index in [1.165, 1.54) is 12.3 Å². The molecular weight excluding hydrogens is 425 g/mol. The summed E-state index contributed by atoms with van der Waals surface area (Å²) in [7, 11) is 0. The van der Waals surface area contributed by atoms with E-state index < -0.39 is 11.9 Å². The van der Waals surface area contributed by atoms with Gasteiger partial charge in [0.05, 0.1) is 23.9 Å². The predicted octanol–water partition coefficient (Wildman–Crippen LogP) is 5.97. The van der Waals surface area contributed by atoms with Crippen molar-refractivity contribution in [2.24, 2.45) is 0 Å². The number of anilines is 2. The Labute approximate surface area is 189 Å². The summed E-state index contributed by atoms with van der Waals surface area (Å²) in [5.41, 5.74) is 2.16. The van der Waals surface area contributed by atoms with Crippen LogP contribution in [-0.4, -0.2) is 23.6 Å². The van der Waals surface area contributed by atoms with Crippen LogP contribution in [0.1, 0.15) is 17.3 Å². The van der Waals surface area contributed by atoms with Crippen molar-refractivity contribution < 1.29 is 23.1 Å². The van der Waals surface area contributed by atoms with Gasteiger partial charge in [-0.1, -0.05) is 24.3 Å². The van der Waals surface area contributed by atoms with Crippen LogP contribution in [0.25, 0.3) is 22.8 Å². The molecule has 0 atom stereocenters. The average Bonchev–Trinajstić information content (AvgIpc) is 3.31. The van der Waals surface area contributed by atoms with Crippen LogP contribution in [0.15, 0.2) is 83.4 Å². The van der Waals surface area contributed by atoms with Crippen molar-refractivity contribution in [1.82, 2.24) is 4.98 Å². The smallest absolute Gasteiger partial charge is 0.411 e. The highest BCUT2D eigenvalue weighted by molar-refractivity contribution is 6.08. The summed E-state index contributed by atoms with van der Waals surface area (Å²) in [6.45, 7) is 1.99. The average molecular weight is 445 g/mol. The van der Waals surface area contributed by atoms with Crippen LogP contribution in [0, 0.1) is 5.82 Å². The van der Waals surface area contributed by atoms with Crippen LogP contribution >= 0.6 is 0 Å². The lowest BCUT2D eigenvalue weighted by atomic mass is 10.1. The molecule has 2 amide bonds. The van der Waals surface area contributed by atoms with Crippen LogP contribution in [0.3, 0.4) is 0 Å². The molecule has 1 aromatic heterocycles. The highest BCUT2D eigenvalue weighted by Crippen LogP contribution is 2.30. The summed E-state index contributed by atoms with van der Waals surface area (Å²) in [6, 6.07) is 19.7. The molecule has 0 aliphatic rings. The van der Waals surface area contributed by atoms with Gasteiger partial charge in [-0.2, -0.15) is 0 Å². The lowest BCUT2D eigenvalue weighted by Gasteiger charge is -2.10. The van der Waals surface area contributed by atoms with Crippen LogP contribution in [0.2, 0.25) is 0 Å². The minimum atomic E-state index is -0.552. The largest absolute Gasteiger partial charge is 0.450 e. The number of nitrogens with zero attached hydrogens (tertiary/aromatic N) is 1. The maximum Gasteiger partial charge on any atom is 0.411 e. The number of amides is 2. The second kappa shape index (κ2) is 9.78. The van der Waals surface area contributed by atoms with Gasteiger partial charge in [0.15, 0.2) is 5.76 Å². The number of hydrogen-bond acceptors (Lipinski definition) is 5. The number of hydrogen-bond donors (Lipinski definition) is 2. The molecule has 0 bridgehead atoms. The van der Waals surface area contributed by atoms with E-state index in [-0.39, 0.29) is 29.7 Å². The summed E-state index contributed by atoms with van der Waals surface area (Å²) in [5.74, 6) is -0.328. The second-order valence-electron chi connectivity index (χ2n) is 6.93. The van der Waals surface area contributed by atoms with E-state index in [0.29, 0.717) is 22.5 Å². The van der Waals surface area contributed by atoms with Gasteiger partial charge in [0.2, 0.25) is 5.89 Å². The standard InChI is InChI=1S/C25H20FN3O4/c1-2-32-25(31)29-17-13-11-16(12-14-17)28-23(30)18-7-3-4-8-19(18)24-27-15-22(33-24)20-9-5-6-10-21(20)26/h3-15H,2H2,1H3,(H,28,30)(H,29,31). The molecule has 166 valence electrons. The maximum absolute atomic E-state index is 14.1. The lowest BCUT2D eigenvalue weighted by Crippen LogP contribution is -2.14. The first-order chi connectivity index (χ1) is 16.0. The Morgan fingerprint density at radius 3 is 2.24 bits per heavy atom. The minimum absolute atomic E-state index is 0.202. The Kier molecular flexibility index (Phi) is 6.45. The molecular formula is C25H20FN3O4. The molecule has 3 aromatic carbocycles. The Hall–Kier alpha value is -4.46. The van der Waals surface area contributed by atoms with Gasteiger partial charge in [0.25, 0.3) is 5.91 Å². The summed E-state index contributed by atoms with van der Waals surface area (Å²) in [6.07, 6.45) is 0.876. The van der Waals surface area contributed by atoms with Crippen LogP contribution in [0.4, 0.5) is 20.6 Å². The fraction of sp³-hybridized carbons (Fsp3) is 0.0800. The number of carbonyl (C=O) groups excluding carboxylic acids is 2. The zero-order valence-corrected chi connectivity index (χ0v) is 17.7. The number of halogens is 1. The van der Waals surface area contributed by atoms with Crippen LogP contribution in [-0.2, 0) is 4.74 Å². The molecule has 1 heterocycles. The van der Waals surface area contributed by atoms with E-state index in [1.807, 2.05) is 0 Å². The molecule has 0 unspecified atom stereocenters. The van der Waals surface area contributed by atoms with Gasteiger partial charge >= 0.3 is 6.09 Å². The summed E-state index contributed by atoms with van der Waals surface area (Å²) in [4.78, 5) is 28.7. The normalized spacial score (nSPS) is 10.5. The molecule has 8 heteroatoms. The SMILES string of the molecule is CCOC(=O)Nc1ccc(NC(=O)c2ccccc2-c2ncc(-c3ccccc3F)o2)cc1. The quantitative estimate of drug-likeness (QED) is 0.381. The van der Waals surface area contributed by atoms with E-state index in [4.69, 9.17) is 9.15 Å². The predicted molar refractivity (Wildman–Crippen MR) is 122 cm³/mol. The zero-order chi connectivity index (χ0) is 23.2. The van der Waals surface area contributed by atoms with Crippen LogP contribution in [0.5, 0.6) is 0 Å². The van der Waals surface area contributed by atoms with Crippen LogP contribution < -0.4 is 10.6 Å². The van der Waals surface area contributed by atoms with Crippen molar-refractivity contribution in [3.63, 3.8) is 0 Å². The monoisotopic (exact) mass is 445 g/mol. The van der Waals surface area contributed by atoms with Gasteiger partial charge in [0, 0.05) is 16.9 Å². The molecule has 0 saturated carbocycles. The number of carbonyl (C=O) groups is 2. The van der Waals surface area contributed by atoms with Crippen molar-refractivity contribution in [2.75, 3.05) is 17.2 Å². The summed E-state index contributed by atoms with van der Waals surface area (Å²) < 4.78 is 24.7. The number of aromatic nitrogens is 1. The Morgan fingerprint density at radius 2 is 1.55 bits per heavy atom. The second-order valence-corrected chi connectivity index (χ2v) is 6.93. The van der Waals surface area contributed by atoms with Crippen molar-refractivity contribution in [3.8, 4) is 22.8 Å². The molecule has 33 heavy (non-hydrogen) atoms. The van der Waals surface area contributed by atoms with E-state index in [2.05, 4.69) is 15.6 Å². The molecule has 0 aliphatic heterocycles. The van der Waals surface area contributed by atoms with Gasteiger partial charge in [-0.3, -0.25) is 10.1 Å². The van der Waals surface area contributed by atoms with E-state index >= 15 is 0 Å². The van der Waals surface area contributed by atoms with Crippen molar-refractivity contribution >= 4 is 23.4 Å². The fourth-order valence-electron chi connectivity index (χ4n) is 3.17. The maximum atomic E-state index is 14.1. The third-order valence-corrected chi connectivity index (χ3v) is 4.71. The van der Waals surface area contributed by atoms with Gasteiger partial charge in [-0.05, 0) is 55.5 Å². The van der Waals surface area contributed by atoms with Gasteiger partial charge < -0.3 is 14.5 Å². The third-order valence-electron chi connectivity index (χ3n) is 4.71. The number of rotatable bonds is 6. The molecule has 7 nitrogen and oxygen atoms in total. The van der Waals surface area contributed by atoms with Gasteiger partial charge in [-0.15, -0.1) is 0 Å². The van der Waals surface area contributed by atoms with Gasteiger partial charge in [0.1, 0.15) is 5.82 Å². The first-order valence-electron chi connectivity index (χ1n) is 10.2. The highest BCUT2D eigenvalue weighted by Gasteiger charge is 2.18. The third kappa shape index (κ3) is 5.07. The molecule has 2 N–H and O–H groups in total. The Morgan fingerprint density at radius 1 is 0.909 bits per heavy atom. The van der Waals surface area contributed by atoms with E-state index in [9.17, 15) is 14.0 Å². The van der Waals surface area contributed by atoms with Crippen molar-refractivity contribution in [1.29, 1.82) is 0 Å². The number of nitrogens with one attached hydrogen (secondary N) is 2. The van der Waals surface area contributed by atoms with E-state index in [0.717, 1.165) is 0 Å². The number of oxazole rings is 1. The van der Waals surface area contributed by atoms with Gasteiger partial charge in [-0.25, -0.2) is 14.2 Å². The van der Waals surface area contributed by atoms with Crippen molar-refractivity contribution in [2.45, 2.75) is 6.92 Å². The molecule has 0 fully saturated rings. The van der Waals surface area contributed by atoms with E-state index in [1.54, 1.807) is 73.7 Å². The topological polar surface area (TPSA) is 93.5 Å². The first-order valence-corrected chi connectivity index (χ1v) is 10.2. The Balaban J connectivity index is 1.53. The minimum Gasteiger partial charge on any atom is -0.450 e. The molecule has 0 saturated heterocycles. The molecule has 0 aliphatic carbocycles. The lowest BCUT2D eigenvalue weighted by molar-refractivity contribution is 0.102. The van der Waals surface area contributed by atoms with Crippen molar-refractivity contribution in [3.05, 3.63) is 90.4 Å². The summed E-state index contributed by atoms with van der Waals surface area (Å²) in [5, 5.41) is 5.39. The molecule has 4 rings (SSSR count). The first kappa shape index (κ1) is 21.8.